The predicted molar refractivity (Wildman–Crippen MR) is 71.4 cm³/mol. The van der Waals surface area contributed by atoms with E-state index >= 15 is 0 Å². The van der Waals surface area contributed by atoms with Gasteiger partial charge in [-0.15, -0.1) is 0 Å². The monoisotopic (exact) mass is 263 g/mol. The Bertz CT molecular complexity index is 577. The van der Waals surface area contributed by atoms with Crippen LogP contribution in [0.25, 0.3) is 0 Å². The molecule has 1 aromatic carbocycles. The molecule has 2 nitrogen and oxygen atoms in total. The number of benzene rings is 1. The number of carbonyl (C=O) groups excluding carboxylic acids is 1. The summed E-state index contributed by atoms with van der Waals surface area (Å²) in [5.41, 5.74) is 3.11. The fourth-order valence-corrected chi connectivity index (χ4v) is 2.50. The number of nitrogens with one attached hydrogen (secondary N) is 1. The lowest BCUT2D eigenvalue weighted by Gasteiger charge is -2.06. The summed E-state index contributed by atoms with van der Waals surface area (Å²) >= 11 is 1.59. The molecule has 0 aliphatic heterocycles. The summed E-state index contributed by atoms with van der Waals surface area (Å²) in [4.78, 5) is 11.8. The number of thiophene rings is 1. The minimum Gasteiger partial charge on any atom is -0.348 e. The minimum atomic E-state index is -0.477. The molecule has 0 radical (unpaired) electrons. The molecule has 0 unspecified atom stereocenters. The lowest BCUT2D eigenvalue weighted by atomic mass is 10.1. The van der Waals surface area contributed by atoms with Crippen LogP contribution in [-0.2, 0) is 6.54 Å². The molecule has 2 rings (SSSR count). The van der Waals surface area contributed by atoms with Gasteiger partial charge in [0.2, 0.25) is 0 Å². The molecule has 0 saturated heterocycles. The summed E-state index contributed by atoms with van der Waals surface area (Å²) in [6.07, 6.45) is 0. The Labute approximate surface area is 109 Å². The third-order valence-electron chi connectivity index (χ3n) is 2.77. The molecular weight excluding hydrogens is 249 g/mol. The number of amides is 1. The van der Waals surface area contributed by atoms with Crippen molar-refractivity contribution in [3.8, 4) is 0 Å². The largest absolute Gasteiger partial charge is 0.348 e. The molecule has 0 atom stereocenters. The fourth-order valence-electron chi connectivity index (χ4n) is 1.64. The van der Waals surface area contributed by atoms with E-state index in [1.165, 1.54) is 12.1 Å². The Morgan fingerprint density at radius 2 is 2.11 bits per heavy atom. The number of hydrogen-bond acceptors (Lipinski definition) is 2. The molecule has 0 aliphatic rings. The Kier molecular flexibility index (Phi) is 3.77. The van der Waals surface area contributed by atoms with Crippen LogP contribution in [0.4, 0.5) is 4.39 Å². The van der Waals surface area contributed by atoms with Gasteiger partial charge in [-0.05, 0) is 53.4 Å². The number of carbonyl (C=O) groups is 1. The third-order valence-corrected chi connectivity index (χ3v) is 3.68. The predicted octanol–water partition coefficient (Wildman–Crippen LogP) is 3.43. The topological polar surface area (TPSA) is 29.1 Å². The van der Waals surface area contributed by atoms with E-state index in [9.17, 15) is 9.18 Å². The SMILES string of the molecule is Cc1ccc(C(=O)NCc2cscc2C)c(F)c1. The number of hydrogen-bond donors (Lipinski definition) is 1. The molecule has 1 heterocycles. The van der Waals surface area contributed by atoms with E-state index in [2.05, 4.69) is 5.32 Å². The highest BCUT2D eigenvalue weighted by molar-refractivity contribution is 7.08. The van der Waals surface area contributed by atoms with E-state index in [4.69, 9.17) is 0 Å². The van der Waals surface area contributed by atoms with Crippen LogP contribution in [0.1, 0.15) is 27.0 Å². The molecule has 94 valence electrons. The Morgan fingerprint density at radius 3 is 2.72 bits per heavy atom. The van der Waals surface area contributed by atoms with Crippen molar-refractivity contribution in [1.82, 2.24) is 5.32 Å². The average molecular weight is 263 g/mol. The van der Waals surface area contributed by atoms with Crippen molar-refractivity contribution in [3.05, 3.63) is 57.0 Å². The molecule has 0 bridgehead atoms. The summed E-state index contributed by atoms with van der Waals surface area (Å²) in [7, 11) is 0. The van der Waals surface area contributed by atoms with E-state index in [1.54, 1.807) is 24.3 Å². The maximum atomic E-state index is 13.6. The van der Waals surface area contributed by atoms with Crippen LogP contribution in [-0.4, -0.2) is 5.91 Å². The van der Waals surface area contributed by atoms with Crippen LogP contribution in [0.2, 0.25) is 0 Å². The molecule has 0 spiro atoms. The first-order chi connectivity index (χ1) is 8.58. The molecule has 0 aliphatic carbocycles. The van der Waals surface area contributed by atoms with Gasteiger partial charge in [0.15, 0.2) is 0 Å². The first-order valence-electron chi connectivity index (χ1n) is 5.64. The highest BCUT2D eigenvalue weighted by atomic mass is 32.1. The first-order valence-corrected chi connectivity index (χ1v) is 6.58. The van der Waals surface area contributed by atoms with Crippen LogP contribution in [0.5, 0.6) is 0 Å². The highest BCUT2D eigenvalue weighted by Crippen LogP contribution is 2.14. The molecule has 1 amide bonds. The van der Waals surface area contributed by atoms with Crippen molar-refractivity contribution >= 4 is 17.2 Å². The second-order valence-electron chi connectivity index (χ2n) is 4.25. The highest BCUT2D eigenvalue weighted by Gasteiger charge is 2.11. The van der Waals surface area contributed by atoms with Crippen LogP contribution in [0.15, 0.2) is 29.0 Å². The van der Waals surface area contributed by atoms with Gasteiger partial charge in [0.25, 0.3) is 5.91 Å². The van der Waals surface area contributed by atoms with Crippen molar-refractivity contribution in [3.63, 3.8) is 0 Å². The maximum Gasteiger partial charge on any atom is 0.254 e. The van der Waals surface area contributed by atoms with E-state index in [0.717, 1.165) is 16.7 Å². The molecule has 4 heteroatoms. The molecule has 2 aromatic rings. The normalized spacial score (nSPS) is 10.4. The molecule has 1 aromatic heterocycles. The first kappa shape index (κ1) is 12.8. The van der Waals surface area contributed by atoms with E-state index in [-0.39, 0.29) is 11.5 Å². The van der Waals surface area contributed by atoms with Gasteiger partial charge in [-0.1, -0.05) is 6.07 Å². The van der Waals surface area contributed by atoms with Crippen molar-refractivity contribution in [2.75, 3.05) is 0 Å². The van der Waals surface area contributed by atoms with Crippen molar-refractivity contribution in [1.29, 1.82) is 0 Å². The Balaban J connectivity index is 2.06. The summed E-state index contributed by atoms with van der Waals surface area (Å²) in [5.74, 6) is -0.854. The summed E-state index contributed by atoms with van der Waals surface area (Å²) < 4.78 is 13.6. The van der Waals surface area contributed by atoms with Gasteiger partial charge in [-0.2, -0.15) is 11.3 Å². The fraction of sp³-hybridized carbons (Fsp3) is 0.214. The van der Waals surface area contributed by atoms with Crippen LogP contribution >= 0.6 is 11.3 Å². The molecule has 18 heavy (non-hydrogen) atoms. The average Bonchev–Trinajstić information content (AvgIpc) is 2.72. The van der Waals surface area contributed by atoms with Crippen molar-refractivity contribution in [2.45, 2.75) is 20.4 Å². The summed E-state index contributed by atoms with van der Waals surface area (Å²) in [6, 6.07) is 4.61. The lowest BCUT2D eigenvalue weighted by molar-refractivity contribution is 0.0947. The quantitative estimate of drug-likeness (QED) is 0.903. The van der Waals surface area contributed by atoms with Gasteiger partial charge in [-0.3, -0.25) is 4.79 Å². The maximum absolute atomic E-state index is 13.6. The zero-order valence-electron chi connectivity index (χ0n) is 10.3. The second-order valence-corrected chi connectivity index (χ2v) is 4.99. The second kappa shape index (κ2) is 5.31. The van der Waals surface area contributed by atoms with Crippen LogP contribution in [0, 0.1) is 19.7 Å². The van der Waals surface area contributed by atoms with Crippen LogP contribution in [0.3, 0.4) is 0 Å². The number of halogens is 1. The van der Waals surface area contributed by atoms with Gasteiger partial charge >= 0.3 is 0 Å². The van der Waals surface area contributed by atoms with Crippen molar-refractivity contribution < 1.29 is 9.18 Å². The molecule has 0 fully saturated rings. The minimum absolute atomic E-state index is 0.0912. The standard InChI is InChI=1S/C14H14FNOS/c1-9-3-4-12(13(15)5-9)14(17)16-6-11-8-18-7-10(11)2/h3-5,7-8H,6H2,1-2H3,(H,16,17). The Hall–Kier alpha value is -1.68. The van der Waals surface area contributed by atoms with E-state index in [1.807, 2.05) is 17.7 Å². The number of aryl methyl sites for hydroxylation is 2. The summed E-state index contributed by atoms with van der Waals surface area (Å²) in [5, 5.41) is 6.74. The van der Waals surface area contributed by atoms with Crippen LogP contribution < -0.4 is 5.32 Å². The van der Waals surface area contributed by atoms with Gasteiger partial charge in [0.1, 0.15) is 5.82 Å². The molecule has 0 saturated carbocycles. The van der Waals surface area contributed by atoms with Gasteiger partial charge in [0.05, 0.1) is 5.56 Å². The lowest BCUT2D eigenvalue weighted by Crippen LogP contribution is -2.23. The van der Waals surface area contributed by atoms with E-state index < -0.39 is 5.82 Å². The third kappa shape index (κ3) is 2.76. The smallest absolute Gasteiger partial charge is 0.254 e. The number of rotatable bonds is 3. The zero-order valence-corrected chi connectivity index (χ0v) is 11.1. The Morgan fingerprint density at radius 1 is 1.33 bits per heavy atom. The zero-order chi connectivity index (χ0) is 13.1. The van der Waals surface area contributed by atoms with Gasteiger partial charge in [-0.25, -0.2) is 4.39 Å². The molecule has 1 N–H and O–H groups in total. The van der Waals surface area contributed by atoms with Crippen molar-refractivity contribution in [2.24, 2.45) is 0 Å². The van der Waals surface area contributed by atoms with E-state index in [0.29, 0.717) is 6.54 Å². The van der Waals surface area contributed by atoms with Gasteiger partial charge in [0, 0.05) is 6.54 Å². The summed E-state index contributed by atoms with van der Waals surface area (Å²) in [6.45, 7) is 4.21. The molecular formula is C14H14FNOS. The van der Waals surface area contributed by atoms with Gasteiger partial charge < -0.3 is 5.32 Å².